The molecular formula is C17H16ClN5O. The second kappa shape index (κ2) is 7.49. The molecule has 0 spiro atoms. The normalized spacial score (nSPS) is 10.8. The fourth-order valence-electron chi connectivity index (χ4n) is 1.95. The maximum atomic E-state index is 8.80. The first-order chi connectivity index (χ1) is 11.4. The van der Waals surface area contributed by atoms with Gasteiger partial charge in [-0.2, -0.15) is 10.4 Å². The summed E-state index contributed by atoms with van der Waals surface area (Å²) in [5.41, 5.74) is 10.4. The number of nitrogens with one attached hydrogen (secondary N) is 2. The van der Waals surface area contributed by atoms with E-state index in [-0.39, 0.29) is 5.71 Å². The lowest BCUT2D eigenvalue weighted by molar-refractivity contribution is 0.479. The average molecular weight is 342 g/mol. The smallest absolute Gasteiger partial charge is 0.201 e. The monoisotopic (exact) mass is 341 g/mol. The van der Waals surface area contributed by atoms with Crippen molar-refractivity contribution in [3.8, 4) is 17.6 Å². The molecule has 0 amide bonds. The second-order valence-corrected chi connectivity index (χ2v) is 5.52. The largest absolute Gasteiger partial charge is 0.456 e. The van der Waals surface area contributed by atoms with E-state index in [1.807, 2.05) is 32.0 Å². The van der Waals surface area contributed by atoms with Crippen molar-refractivity contribution in [2.75, 3.05) is 5.43 Å². The SMILES string of the molecule is Cc1ccc(Oc2ccc(N/N=C(\C#N)C(=N)N)cc2Cl)c(C)c1. The Kier molecular flexibility index (Phi) is 5.40. The van der Waals surface area contributed by atoms with Crippen LogP contribution in [0.1, 0.15) is 11.1 Å². The molecule has 0 radical (unpaired) electrons. The third-order valence-electron chi connectivity index (χ3n) is 3.14. The fourth-order valence-corrected chi connectivity index (χ4v) is 2.17. The van der Waals surface area contributed by atoms with Crippen molar-refractivity contribution in [3.05, 3.63) is 52.5 Å². The summed E-state index contributed by atoms with van der Waals surface area (Å²) in [6.45, 7) is 3.98. The van der Waals surface area contributed by atoms with Crippen molar-refractivity contribution < 1.29 is 4.74 Å². The molecule has 0 aromatic heterocycles. The molecule has 0 unspecified atom stereocenters. The Balaban J connectivity index is 2.18. The summed E-state index contributed by atoms with van der Waals surface area (Å²) in [5, 5.41) is 20.1. The van der Waals surface area contributed by atoms with Gasteiger partial charge in [0.05, 0.1) is 10.7 Å². The topological polar surface area (TPSA) is 107 Å². The van der Waals surface area contributed by atoms with Gasteiger partial charge in [-0.05, 0) is 43.7 Å². The van der Waals surface area contributed by atoms with Crippen molar-refractivity contribution in [1.82, 2.24) is 0 Å². The number of rotatable bonds is 5. The molecule has 24 heavy (non-hydrogen) atoms. The molecule has 0 saturated carbocycles. The van der Waals surface area contributed by atoms with Crippen molar-refractivity contribution >= 4 is 28.8 Å². The van der Waals surface area contributed by atoms with Crippen LogP contribution in [0.15, 0.2) is 41.5 Å². The van der Waals surface area contributed by atoms with Crippen LogP contribution in [0.3, 0.4) is 0 Å². The van der Waals surface area contributed by atoms with Crippen LogP contribution in [-0.2, 0) is 0 Å². The number of ether oxygens (including phenoxy) is 1. The summed E-state index contributed by atoms with van der Waals surface area (Å²) in [6, 6.07) is 12.6. The number of hydrogen-bond donors (Lipinski definition) is 3. The minimum Gasteiger partial charge on any atom is -0.456 e. The minimum absolute atomic E-state index is 0.207. The fraction of sp³-hybridized carbons (Fsp3) is 0.118. The van der Waals surface area contributed by atoms with Crippen LogP contribution in [0, 0.1) is 30.6 Å². The van der Waals surface area contributed by atoms with Gasteiger partial charge in [0.1, 0.15) is 17.6 Å². The van der Waals surface area contributed by atoms with Gasteiger partial charge < -0.3 is 10.5 Å². The first-order valence-corrected chi connectivity index (χ1v) is 7.41. The summed E-state index contributed by atoms with van der Waals surface area (Å²) in [5.74, 6) is 0.820. The lowest BCUT2D eigenvalue weighted by Crippen LogP contribution is -2.21. The summed E-state index contributed by atoms with van der Waals surface area (Å²) in [6.07, 6.45) is 0. The van der Waals surface area contributed by atoms with Gasteiger partial charge in [-0.1, -0.05) is 29.3 Å². The van der Waals surface area contributed by atoms with Crippen LogP contribution in [0.2, 0.25) is 5.02 Å². The van der Waals surface area contributed by atoms with E-state index in [1.165, 1.54) is 0 Å². The first-order valence-electron chi connectivity index (χ1n) is 7.03. The standard InChI is InChI=1S/C17H16ClN5O/c1-10-3-5-15(11(2)7-10)24-16-6-4-12(8-13(16)18)22-23-14(9-19)17(20)21/h3-8,22H,1-2H3,(H3,20,21)/b23-14+. The van der Waals surface area contributed by atoms with Crippen molar-refractivity contribution in [2.45, 2.75) is 13.8 Å². The van der Waals surface area contributed by atoms with E-state index in [9.17, 15) is 0 Å². The van der Waals surface area contributed by atoms with E-state index in [2.05, 4.69) is 10.5 Å². The lowest BCUT2D eigenvalue weighted by Gasteiger charge is -2.11. The maximum absolute atomic E-state index is 8.80. The molecule has 0 bridgehead atoms. The molecule has 0 aliphatic rings. The molecule has 0 atom stereocenters. The van der Waals surface area contributed by atoms with Crippen molar-refractivity contribution in [3.63, 3.8) is 0 Å². The highest BCUT2D eigenvalue weighted by Crippen LogP contribution is 2.33. The average Bonchev–Trinajstić information content (AvgIpc) is 2.52. The number of hydrogen-bond acceptors (Lipinski definition) is 5. The number of nitrogens with zero attached hydrogens (tertiary/aromatic N) is 2. The molecular weight excluding hydrogens is 326 g/mol. The molecule has 7 heteroatoms. The van der Waals surface area contributed by atoms with E-state index in [1.54, 1.807) is 24.3 Å². The first kappa shape index (κ1) is 17.3. The Morgan fingerprint density at radius 1 is 1.25 bits per heavy atom. The quantitative estimate of drug-likeness (QED) is 0.434. The molecule has 2 rings (SSSR count). The van der Waals surface area contributed by atoms with Crippen LogP contribution in [0.4, 0.5) is 5.69 Å². The van der Waals surface area contributed by atoms with Gasteiger partial charge in [-0.3, -0.25) is 10.8 Å². The van der Waals surface area contributed by atoms with E-state index < -0.39 is 5.84 Å². The van der Waals surface area contributed by atoms with E-state index in [0.717, 1.165) is 16.9 Å². The number of halogens is 1. The van der Waals surface area contributed by atoms with Crippen molar-refractivity contribution in [1.29, 1.82) is 10.7 Å². The van der Waals surface area contributed by atoms with Crippen LogP contribution < -0.4 is 15.9 Å². The number of nitriles is 1. The van der Waals surface area contributed by atoms with Crippen LogP contribution >= 0.6 is 11.6 Å². The number of hydrazone groups is 1. The Bertz CT molecular complexity index is 855. The van der Waals surface area contributed by atoms with Crippen LogP contribution in [0.25, 0.3) is 0 Å². The molecule has 4 N–H and O–H groups in total. The summed E-state index contributed by atoms with van der Waals surface area (Å²) in [4.78, 5) is 0. The summed E-state index contributed by atoms with van der Waals surface area (Å²) >= 11 is 6.23. The Morgan fingerprint density at radius 2 is 1.96 bits per heavy atom. The van der Waals surface area contributed by atoms with E-state index in [4.69, 9.17) is 32.7 Å². The zero-order valence-electron chi connectivity index (χ0n) is 13.2. The number of anilines is 1. The highest BCUT2D eigenvalue weighted by atomic mass is 35.5. The zero-order chi connectivity index (χ0) is 17.7. The molecule has 2 aromatic carbocycles. The van der Waals surface area contributed by atoms with E-state index >= 15 is 0 Å². The molecule has 6 nitrogen and oxygen atoms in total. The van der Waals surface area contributed by atoms with Gasteiger partial charge in [0.15, 0.2) is 5.84 Å². The molecule has 0 aliphatic heterocycles. The highest BCUT2D eigenvalue weighted by Gasteiger charge is 2.07. The molecule has 122 valence electrons. The Morgan fingerprint density at radius 3 is 2.54 bits per heavy atom. The highest BCUT2D eigenvalue weighted by molar-refractivity contribution is 6.45. The maximum Gasteiger partial charge on any atom is 0.201 e. The third-order valence-corrected chi connectivity index (χ3v) is 3.44. The second-order valence-electron chi connectivity index (χ2n) is 5.11. The molecule has 2 aromatic rings. The molecule has 0 aliphatic carbocycles. The molecule has 0 heterocycles. The number of benzene rings is 2. The van der Waals surface area contributed by atoms with Crippen LogP contribution in [-0.4, -0.2) is 11.5 Å². The Hall–Kier alpha value is -3.04. The van der Waals surface area contributed by atoms with Crippen LogP contribution in [0.5, 0.6) is 11.5 Å². The van der Waals surface area contributed by atoms with Gasteiger partial charge in [0.2, 0.25) is 5.71 Å². The van der Waals surface area contributed by atoms with Gasteiger partial charge in [-0.25, -0.2) is 0 Å². The molecule has 0 saturated heterocycles. The van der Waals surface area contributed by atoms with Gasteiger partial charge >= 0.3 is 0 Å². The van der Waals surface area contributed by atoms with Gasteiger partial charge in [0, 0.05) is 0 Å². The van der Waals surface area contributed by atoms with Gasteiger partial charge in [-0.15, -0.1) is 0 Å². The lowest BCUT2D eigenvalue weighted by atomic mass is 10.1. The minimum atomic E-state index is -0.411. The number of nitrogens with two attached hydrogens (primary N) is 1. The van der Waals surface area contributed by atoms with Gasteiger partial charge in [0.25, 0.3) is 0 Å². The third kappa shape index (κ3) is 4.24. The summed E-state index contributed by atoms with van der Waals surface area (Å²) < 4.78 is 5.83. The van der Waals surface area contributed by atoms with Crippen molar-refractivity contribution in [2.24, 2.45) is 10.8 Å². The number of amidine groups is 1. The number of aryl methyl sites for hydroxylation is 2. The molecule has 0 fully saturated rings. The summed E-state index contributed by atoms with van der Waals surface area (Å²) in [7, 11) is 0. The van der Waals surface area contributed by atoms with E-state index in [0.29, 0.717) is 16.5 Å². The predicted molar refractivity (Wildman–Crippen MR) is 96.0 cm³/mol. The Labute approximate surface area is 145 Å². The predicted octanol–water partition coefficient (Wildman–Crippen LogP) is 3.98. The zero-order valence-corrected chi connectivity index (χ0v) is 14.0.